The minimum Gasteiger partial charge on any atom is -0.118 e. The maximum atomic E-state index is 3.56. The number of hydrogen-bond donors (Lipinski definition) is 0. The molecule has 0 fully saturated rings. The minimum atomic E-state index is 1.01. The van der Waals surface area contributed by atoms with Crippen LogP contribution in [0.25, 0.3) is 0 Å². The molecule has 0 unspecified atom stereocenters. The molecular weight excluding hydrogens is 216 g/mol. The third-order valence-corrected chi connectivity index (χ3v) is 3.30. The first-order valence-electron chi connectivity index (χ1n) is 6.92. The highest BCUT2D eigenvalue weighted by molar-refractivity contribution is 5.37. The third-order valence-electron chi connectivity index (χ3n) is 3.30. The molecule has 0 saturated heterocycles. The molecule has 1 aromatic rings. The Morgan fingerprint density at radius 1 is 1.11 bits per heavy atom. The van der Waals surface area contributed by atoms with E-state index >= 15 is 0 Å². The van der Waals surface area contributed by atoms with E-state index in [-0.39, 0.29) is 0 Å². The van der Waals surface area contributed by atoms with Gasteiger partial charge in [-0.1, -0.05) is 36.4 Å². The Balaban J connectivity index is 2.27. The zero-order valence-electron chi connectivity index (χ0n) is 11.5. The number of hydrogen-bond acceptors (Lipinski definition) is 0. The van der Waals surface area contributed by atoms with Crippen molar-refractivity contribution < 1.29 is 0 Å². The van der Waals surface area contributed by atoms with E-state index in [1.165, 1.54) is 48.0 Å². The van der Waals surface area contributed by atoms with Crippen LogP contribution in [-0.2, 0) is 6.42 Å². The second-order valence-corrected chi connectivity index (χ2v) is 5.24. The summed E-state index contributed by atoms with van der Waals surface area (Å²) in [6.45, 7) is 4.27. The van der Waals surface area contributed by atoms with Crippen LogP contribution >= 0.6 is 0 Å². The largest absolute Gasteiger partial charge is 0.118 e. The van der Waals surface area contributed by atoms with Gasteiger partial charge in [0.2, 0.25) is 0 Å². The lowest BCUT2D eigenvalue weighted by Crippen LogP contribution is -1.98. The first-order valence-corrected chi connectivity index (χ1v) is 6.92. The van der Waals surface area contributed by atoms with Crippen LogP contribution in [0.1, 0.15) is 45.1 Å². The summed E-state index contributed by atoms with van der Waals surface area (Å²) in [5, 5.41) is 0. The van der Waals surface area contributed by atoms with Crippen molar-refractivity contribution in [2.24, 2.45) is 0 Å². The fourth-order valence-corrected chi connectivity index (χ4v) is 2.45. The van der Waals surface area contributed by atoms with Crippen molar-refractivity contribution >= 4 is 0 Å². The Labute approximate surface area is 111 Å². The highest BCUT2D eigenvalue weighted by Gasteiger charge is 2.09. The molecule has 0 aliphatic heterocycles. The normalized spacial score (nSPS) is 14.7. The zero-order valence-corrected chi connectivity index (χ0v) is 11.5. The van der Waals surface area contributed by atoms with E-state index in [1.807, 2.05) is 0 Å². The van der Waals surface area contributed by atoms with Crippen LogP contribution < -0.4 is 0 Å². The average Bonchev–Trinajstić information content (AvgIpc) is 2.40. The molecular formula is C18H22. The Morgan fingerprint density at radius 3 is 2.50 bits per heavy atom. The molecule has 0 aromatic heterocycles. The van der Waals surface area contributed by atoms with Gasteiger partial charge in [-0.15, -0.1) is 5.73 Å². The van der Waals surface area contributed by atoms with Crippen molar-refractivity contribution in [3.8, 4) is 0 Å². The van der Waals surface area contributed by atoms with Gasteiger partial charge in [-0.2, -0.15) is 0 Å². The van der Waals surface area contributed by atoms with Gasteiger partial charge in [-0.25, -0.2) is 0 Å². The summed E-state index contributed by atoms with van der Waals surface area (Å²) in [4.78, 5) is 0. The highest BCUT2D eigenvalue weighted by Crippen LogP contribution is 2.26. The molecule has 0 atom stereocenters. The van der Waals surface area contributed by atoms with Crippen molar-refractivity contribution in [2.75, 3.05) is 0 Å². The standard InChI is InChI=1S/C18H22/c1-15(2)13-18(17-11-7-4-8-12-17)14-16-9-5-3-6-10-16/h3,5-6,9-11H,4,7-8,12,14H2,1-2H3. The van der Waals surface area contributed by atoms with E-state index in [0.29, 0.717) is 0 Å². The maximum absolute atomic E-state index is 3.56. The summed E-state index contributed by atoms with van der Waals surface area (Å²) in [5.74, 6) is 0. The zero-order chi connectivity index (χ0) is 12.8. The lowest BCUT2D eigenvalue weighted by molar-refractivity contribution is 0.703. The first kappa shape index (κ1) is 12.9. The summed E-state index contributed by atoms with van der Waals surface area (Å²) in [7, 11) is 0. The molecule has 18 heavy (non-hydrogen) atoms. The predicted molar refractivity (Wildman–Crippen MR) is 78.6 cm³/mol. The van der Waals surface area contributed by atoms with Gasteiger partial charge in [0.1, 0.15) is 0 Å². The van der Waals surface area contributed by atoms with Crippen molar-refractivity contribution in [1.82, 2.24) is 0 Å². The molecule has 0 nitrogen and oxygen atoms in total. The van der Waals surface area contributed by atoms with E-state index in [9.17, 15) is 0 Å². The molecule has 94 valence electrons. The van der Waals surface area contributed by atoms with E-state index in [0.717, 1.165) is 6.42 Å². The molecule has 0 saturated carbocycles. The second kappa shape index (κ2) is 6.42. The van der Waals surface area contributed by atoms with Crippen LogP contribution in [0, 0.1) is 0 Å². The third kappa shape index (κ3) is 3.75. The van der Waals surface area contributed by atoms with Gasteiger partial charge in [-0.3, -0.25) is 0 Å². The van der Waals surface area contributed by atoms with Gasteiger partial charge < -0.3 is 0 Å². The topological polar surface area (TPSA) is 0 Å². The Kier molecular flexibility index (Phi) is 4.61. The van der Waals surface area contributed by atoms with Crippen LogP contribution in [0.15, 0.2) is 58.9 Å². The fourth-order valence-electron chi connectivity index (χ4n) is 2.45. The van der Waals surface area contributed by atoms with E-state index in [2.05, 4.69) is 56.0 Å². The molecule has 0 heteroatoms. The maximum Gasteiger partial charge on any atom is 0.00505 e. The van der Waals surface area contributed by atoms with Gasteiger partial charge >= 0.3 is 0 Å². The smallest absolute Gasteiger partial charge is 0.00505 e. The molecule has 0 spiro atoms. The summed E-state index contributed by atoms with van der Waals surface area (Å²) in [6.07, 6.45) is 8.56. The fraction of sp³-hybridized carbons (Fsp3) is 0.389. The molecule has 0 radical (unpaired) electrons. The van der Waals surface area contributed by atoms with Crippen LogP contribution in [0.5, 0.6) is 0 Å². The van der Waals surface area contributed by atoms with Crippen molar-refractivity contribution in [1.29, 1.82) is 0 Å². The SMILES string of the molecule is CC(C)=C=C(Cc1ccccc1)C1=CCCCC1. The van der Waals surface area contributed by atoms with Gasteiger partial charge in [0.05, 0.1) is 0 Å². The van der Waals surface area contributed by atoms with Crippen molar-refractivity contribution in [3.63, 3.8) is 0 Å². The summed E-state index contributed by atoms with van der Waals surface area (Å²) < 4.78 is 0. The van der Waals surface area contributed by atoms with E-state index in [1.54, 1.807) is 0 Å². The minimum absolute atomic E-state index is 1.01. The summed E-state index contributed by atoms with van der Waals surface area (Å²) in [5.41, 5.74) is 9.13. The summed E-state index contributed by atoms with van der Waals surface area (Å²) >= 11 is 0. The average molecular weight is 238 g/mol. The quantitative estimate of drug-likeness (QED) is 0.633. The Morgan fingerprint density at radius 2 is 1.89 bits per heavy atom. The first-order chi connectivity index (χ1) is 8.75. The van der Waals surface area contributed by atoms with Crippen molar-refractivity contribution in [2.45, 2.75) is 46.0 Å². The van der Waals surface area contributed by atoms with Crippen LogP contribution in [0.2, 0.25) is 0 Å². The molecule has 1 aliphatic rings. The number of benzene rings is 1. The molecule has 0 bridgehead atoms. The van der Waals surface area contributed by atoms with Gasteiger partial charge in [0.25, 0.3) is 0 Å². The molecule has 1 aromatic carbocycles. The summed E-state index contributed by atoms with van der Waals surface area (Å²) in [6, 6.07) is 10.7. The molecule has 0 N–H and O–H groups in total. The Hall–Kier alpha value is -1.52. The van der Waals surface area contributed by atoms with E-state index in [4.69, 9.17) is 0 Å². The van der Waals surface area contributed by atoms with E-state index < -0.39 is 0 Å². The molecule has 0 heterocycles. The Bertz CT molecular complexity index is 478. The number of rotatable bonds is 3. The van der Waals surface area contributed by atoms with Gasteiger partial charge in [0, 0.05) is 12.0 Å². The lowest BCUT2D eigenvalue weighted by atomic mass is 9.90. The predicted octanol–water partition coefficient (Wildman–Crippen LogP) is 5.22. The van der Waals surface area contributed by atoms with Crippen LogP contribution in [0.4, 0.5) is 0 Å². The molecule has 0 amide bonds. The second-order valence-electron chi connectivity index (χ2n) is 5.24. The highest BCUT2D eigenvalue weighted by atomic mass is 14.1. The van der Waals surface area contributed by atoms with Crippen LogP contribution in [0.3, 0.4) is 0 Å². The number of allylic oxidation sites excluding steroid dienone is 3. The molecule has 2 rings (SSSR count). The monoisotopic (exact) mass is 238 g/mol. The van der Waals surface area contributed by atoms with Gasteiger partial charge in [0.15, 0.2) is 0 Å². The van der Waals surface area contributed by atoms with Crippen LogP contribution in [-0.4, -0.2) is 0 Å². The lowest BCUT2D eigenvalue weighted by Gasteiger charge is -2.15. The molecule has 1 aliphatic carbocycles. The van der Waals surface area contributed by atoms with Gasteiger partial charge in [-0.05, 0) is 56.2 Å². The van der Waals surface area contributed by atoms with Crippen molar-refractivity contribution in [3.05, 3.63) is 64.4 Å².